The molecule has 0 amide bonds. The highest BCUT2D eigenvalue weighted by Crippen LogP contribution is 2.17. The Balaban J connectivity index is 1.93. The lowest BCUT2D eigenvalue weighted by atomic mass is 10.0. The van der Waals surface area contributed by atoms with E-state index in [1.807, 2.05) is 13.8 Å². The van der Waals surface area contributed by atoms with Gasteiger partial charge in [0.2, 0.25) is 11.2 Å². The Morgan fingerprint density at radius 1 is 1.32 bits per heavy atom. The van der Waals surface area contributed by atoms with Crippen molar-refractivity contribution in [2.24, 2.45) is 5.92 Å². The second kappa shape index (κ2) is 6.86. The molecule has 2 rings (SSSR count). The quantitative estimate of drug-likeness (QED) is 0.894. The molecule has 1 saturated heterocycles. The van der Waals surface area contributed by atoms with E-state index in [9.17, 15) is 0 Å². The van der Waals surface area contributed by atoms with Crippen molar-refractivity contribution in [2.45, 2.75) is 32.8 Å². The van der Waals surface area contributed by atoms with Crippen LogP contribution in [0.5, 0.6) is 6.01 Å². The van der Waals surface area contributed by atoms with Crippen LogP contribution in [0.1, 0.15) is 26.7 Å². The van der Waals surface area contributed by atoms with Crippen LogP contribution < -0.4 is 10.1 Å². The molecule has 0 unspecified atom stereocenters. The van der Waals surface area contributed by atoms with Gasteiger partial charge in [-0.3, -0.25) is 0 Å². The molecule has 1 aromatic rings. The van der Waals surface area contributed by atoms with Crippen molar-refractivity contribution in [1.82, 2.24) is 15.0 Å². The Morgan fingerprint density at radius 3 is 2.74 bits per heavy atom. The minimum atomic E-state index is 0.00168. The van der Waals surface area contributed by atoms with Gasteiger partial charge in [0.05, 0.1) is 6.10 Å². The van der Waals surface area contributed by atoms with Crippen LogP contribution in [-0.4, -0.2) is 40.8 Å². The summed E-state index contributed by atoms with van der Waals surface area (Å²) in [5.74, 6) is 1.04. The molecule has 1 fully saturated rings. The Hall–Kier alpha value is -1.14. The van der Waals surface area contributed by atoms with E-state index in [4.69, 9.17) is 21.1 Å². The van der Waals surface area contributed by atoms with E-state index in [0.717, 1.165) is 32.6 Å². The first kappa shape index (κ1) is 14.3. The maximum absolute atomic E-state index is 5.85. The molecule has 1 aliphatic heterocycles. The number of anilines is 1. The number of ether oxygens (including phenoxy) is 2. The molecule has 0 aliphatic carbocycles. The van der Waals surface area contributed by atoms with Crippen molar-refractivity contribution in [3.63, 3.8) is 0 Å². The van der Waals surface area contributed by atoms with E-state index in [0.29, 0.717) is 11.9 Å². The molecule has 0 radical (unpaired) electrons. The predicted octanol–water partition coefficient (Wildman–Crippen LogP) is 2.15. The Labute approximate surface area is 117 Å². The maximum Gasteiger partial charge on any atom is 0.322 e. The normalized spacial score (nSPS) is 16.6. The first-order valence-corrected chi connectivity index (χ1v) is 6.91. The standard InChI is InChI=1S/C12H19ClN4O2/c1-8(2)19-12-16-10(13)15-11(17-12)14-7-9-3-5-18-6-4-9/h8-9H,3-7H2,1-2H3,(H,14,15,16,17). The zero-order valence-electron chi connectivity index (χ0n) is 11.2. The number of nitrogens with zero attached hydrogens (tertiary/aromatic N) is 3. The third kappa shape index (κ3) is 4.80. The zero-order chi connectivity index (χ0) is 13.7. The second-order valence-corrected chi connectivity index (χ2v) is 5.15. The average Bonchev–Trinajstić information content (AvgIpc) is 2.36. The molecule has 0 saturated carbocycles. The number of aromatic nitrogens is 3. The molecule has 106 valence electrons. The summed E-state index contributed by atoms with van der Waals surface area (Å²) in [5.41, 5.74) is 0. The van der Waals surface area contributed by atoms with Crippen molar-refractivity contribution in [2.75, 3.05) is 25.1 Å². The summed E-state index contributed by atoms with van der Waals surface area (Å²) in [6, 6.07) is 0.254. The summed E-state index contributed by atoms with van der Waals surface area (Å²) in [6.45, 7) is 6.28. The van der Waals surface area contributed by atoms with E-state index < -0.39 is 0 Å². The summed E-state index contributed by atoms with van der Waals surface area (Å²) in [6.07, 6.45) is 2.12. The Kier molecular flexibility index (Phi) is 5.15. The van der Waals surface area contributed by atoms with Gasteiger partial charge in [-0.15, -0.1) is 0 Å². The highest BCUT2D eigenvalue weighted by molar-refractivity contribution is 6.28. The summed E-state index contributed by atoms with van der Waals surface area (Å²) in [5, 5.41) is 3.33. The van der Waals surface area contributed by atoms with Gasteiger partial charge in [-0.1, -0.05) is 0 Å². The van der Waals surface area contributed by atoms with Crippen molar-refractivity contribution in [1.29, 1.82) is 0 Å². The van der Waals surface area contributed by atoms with Gasteiger partial charge in [-0.25, -0.2) is 0 Å². The average molecular weight is 287 g/mol. The topological polar surface area (TPSA) is 69.2 Å². The fourth-order valence-corrected chi connectivity index (χ4v) is 2.01. The smallest absolute Gasteiger partial charge is 0.322 e. The van der Waals surface area contributed by atoms with E-state index in [1.165, 1.54) is 0 Å². The first-order valence-electron chi connectivity index (χ1n) is 6.53. The highest BCUT2D eigenvalue weighted by atomic mass is 35.5. The van der Waals surface area contributed by atoms with Crippen molar-refractivity contribution in [3.8, 4) is 6.01 Å². The van der Waals surface area contributed by atoms with Crippen molar-refractivity contribution in [3.05, 3.63) is 5.28 Å². The SMILES string of the molecule is CC(C)Oc1nc(Cl)nc(NCC2CCOCC2)n1. The van der Waals surface area contributed by atoms with Gasteiger partial charge in [0.25, 0.3) is 0 Å². The van der Waals surface area contributed by atoms with Crippen LogP contribution in [0.2, 0.25) is 5.28 Å². The number of rotatable bonds is 5. The molecule has 1 N–H and O–H groups in total. The van der Waals surface area contributed by atoms with Gasteiger partial charge < -0.3 is 14.8 Å². The van der Waals surface area contributed by atoms with E-state index >= 15 is 0 Å². The van der Waals surface area contributed by atoms with Crippen LogP contribution in [-0.2, 0) is 4.74 Å². The van der Waals surface area contributed by atoms with E-state index in [-0.39, 0.29) is 17.4 Å². The molecular weight excluding hydrogens is 268 g/mol. The van der Waals surface area contributed by atoms with Gasteiger partial charge in [-0.2, -0.15) is 15.0 Å². The van der Waals surface area contributed by atoms with E-state index in [1.54, 1.807) is 0 Å². The fraction of sp³-hybridized carbons (Fsp3) is 0.750. The molecule has 1 aromatic heterocycles. The number of halogens is 1. The zero-order valence-corrected chi connectivity index (χ0v) is 12.0. The lowest BCUT2D eigenvalue weighted by molar-refractivity contribution is 0.0699. The molecular formula is C12H19ClN4O2. The molecule has 0 atom stereocenters. The highest BCUT2D eigenvalue weighted by Gasteiger charge is 2.14. The second-order valence-electron chi connectivity index (χ2n) is 4.81. The minimum Gasteiger partial charge on any atom is -0.461 e. The lowest BCUT2D eigenvalue weighted by Crippen LogP contribution is -2.23. The lowest BCUT2D eigenvalue weighted by Gasteiger charge is -2.22. The number of nitrogens with one attached hydrogen (secondary N) is 1. The first-order chi connectivity index (χ1) is 9.13. The molecule has 2 heterocycles. The molecule has 0 bridgehead atoms. The van der Waals surface area contributed by atoms with Gasteiger partial charge in [0.15, 0.2) is 0 Å². The van der Waals surface area contributed by atoms with Crippen molar-refractivity contribution >= 4 is 17.5 Å². The molecule has 7 heteroatoms. The van der Waals surface area contributed by atoms with E-state index in [2.05, 4.69) is 20.3 Å². The molecule has 1 aliphatic rings. The van der Waals surface area contributed by atoms with Gasteiger partial charge in [0, 0.05) is 19.8 Å². The van der Waals surface area contributed by atoms with Crippen LogP contribution in [0.3, 0.4) is 0 Å². The molecule has 0 spiro atoms. The predicted molar refractivity (Wildman–Crippen MR) is 72.6 cm³/mol. The molecule has 6 nitrogen and oxygen atoms in total. The van der Waals surface area contributed by atoms with Gasteiger partial charge >= 0.3 is 6.01 Å². The Bertz CT molecular complexity index is 411. The van der Waals surface area contributed by atoms with Gasteiger partial charge in [-0.05, 0) is 44.2 Å². The van der Waals surface area contributed by atoms with Crippen LogP contribution in [0.25, 0.3) is 0 Å². The number of hydrogen-bond acceptors (Lipinski definition) is 6. The monoisotopic (exact) mass is 286 g/mol. The largest absolute Gasteiger partial charge is 0.461 e. The third-order valence-corrected chi connectivity index (χ3v) is 2.99. The molecule has 0 aromatic carbocycles. The maximum atomic E-state index is 5.85. The third-order valence-electron chi connectivity index (χ3n) is 2.82. The van der Waals surface area contributed by atoms with Gasteiger partial charge in [0.1, 0.15) is 0 Å². The summed E-state index contributed by atoms with van der Waals surface area (Å²) >= 11 is 5.85. The van der Waals surface area contributed by atoms with Crippen LogP contribution in [0.15, 0.2) is 0 Å². The van der Waals surface area contributed by atoms with Crippen LogP contribution in [0, 0.1) is 5.92 Å². The summed E-state index contributed by atoms with van der Waals surface area (Å²) < 4.78 is 10.7. The van der Waals surface area contributed by atoms with Crippen molar-refractivity contribution < 1.29 is 9.47 Å². The number of hydrogen-bond donors (Lipinski definition) is 1. The van der Waals surface area contributed by atoms with Crippen LogP contribution in [0.4, 0.5) is 5.95 Å². The minimum absolute atomic E-state index is 0.00168. The molecule has 19 heavy (non-hydrogen) atoms. The van der Waals surface area contributed by atoms with Crippen LogP contribution >= 0.6 is 11.6 Å². The fourth-order valence-electron chi connectivity index (χ4n) is 1.86. The summed E-state index contributed by atoms with van der Waals surface area (Å²) in [7, 11) is 0. The summed E-state index contributed by atoms with van der Waals surface area (Å²) in [4.78, 5) is 12.2. The Morgan fingerprint density at radius 2 is 2.05 bits per heavy atom.